The number of nitrogens with zero attached hydrogens (tertiary/aromatic N) is 3. The molecule has 9 heteroatoms. The molecule has 7 nitrogen and oxygen atoms in total. The van der Waals surface area contributed by atoms with Gasteiger partial charge in [0.05, 0.1) is 23.7 Å². The summed E-state index contributed by atoms with van der Waals surface area (Å²) < 4.78 is 5.52. The molecule has 2 fully saturated rings. The molecular formula is C24H31ClN4O3S. The van der Waals surface area contributed by atoms with E-state index in [4.69, 9.17) is 16.3 Å². The molecule has 0 aliphatic carbocycles. The van der Waals surface area contributed by atoms with E-state index in [0.29, 0.717) is 35.3 Å². The van der Waals surface area contributed by atoms with Crippen molar-refractivity contribution < 1.29 is 14.3 Å². The Morgan fingerprint density at radius 1 is 1.30 bits per heavy atom. The molecule has 2 atom stereocenters. The summed E-state index contributed by atoms with van der Waals surface area (Å²) in [6.45, 7) is 10.3. The van der Waals surface area contributed by atoms with Gasteiger partial charge in [0, 0.05) is 49.5 Å². The summed E-state index contributed by atoms with van der Waals surface area (Å²) in [7, 11) is 0. The molecule has 0 bridgehead atoms. The molecule has 1 aromatic heterocycles. The van der Waals surface area contributed by atoms with E-state index in [-0.39, 0.29) is 23.8 Å². The summed E-state index contributed by atoms with van der Waals surface area (Å²) in [6.07, 6.45) is 3.47. The topological polar surface area (TPSA) is 74.8 Å². The standard InChI is InChI=1S/C24H31ClN4O3S/c1-15-12-28(6-7-29(15)24(31)18-5-4-8-32-14-18)13-19-9-20(25)10-21(16(19)2)27-23(30)22-11-26-17(3)33-22/h9-11,15,18H,4-8,12-14H2,1-3H3,(H,27,30). The summed E-state index contributed by atoms with van der Waals surface area (Å²) in [4.78, 5) is 34.7. The highest BCUT2D eigenvalue weighted by molar-refractivity contribution is 7.13. The number of carbonyl (C=O) groups is 2. The number of anilines is 1. The number of carbonyl (C=O) groups excluding carboxylic acids is 2. The highest BCUT2D eigenvalue weighted by Crippen LogP contribution is 2.28. The summed E-state index contributed by atoms with van der Waals surface area (Å²) in [5.41, 5.74) is 2.79. The number of halogens is 1. The van der Waals surface area contributed by atoms with Crippen LogP contribution in [0.2, 0.25) is 5.02 Å². The van der Waals surface area contributed by atoms with Crippen molar-refractivity contribution >= 4 is 40.4 Å². The molecule has 2 aromatic rings. The first kappa shape index (κ1) is 24.1. The first-order chi connectivity index (χ1) is 15.8. The van der Waals surface area contributed by atoms with Crippen LogP contribution in [0.25, 0.3) is 0 Å². The summed E-state index contributed by atoms with van der Waals surface area (Å²) in [5.74, 6) is 0.0462. The van der Waals surface area contributed by atoms with Crippen LogP contribution in [0.1, 0.15) is 45.6 Å². The number of nitrogens with one attached hydrogen (secondary N) is 1. The molecule has 1 aromatic carbocycles. The molecule has 0 spiro atoms. The SMILES string of the molecule is Cc1ncc(C(=O)Nc2cc(Cl)cc(CN3CCN(C(=O)C4CCCOC4)C(C)C3)c2C)s1. The van der Waals surface area contributed by atoms with Gasteiger partial charge in [-0.25, -0.2) is 4.98 Å². The molecule has 1 N–H and O–H groups in total. The van der Waals surface area contributed by atoms with Gasteiger partial charge in [0.25, 0.3) is 5.91 Å². The van der Waals surface area contributed by atoms with E-state index in [1.54, 1.807) is 12.3 Å². The number of aromatic nitrogens is 1. The minimum absolute atomic E-state index is 0.00331. The van der Waals surface area contributed by atoms with Crippen LogP contribution < -0.4 is 5.32 Å². The van der Waals surface area contributed by atoms with Crippen molar-refractivity contribution in [2.24, 2.45) is 5.92 Å². The Kier molecular flexibility index (Phi) is 7.69. The second kappa shape index (κ2) is 10.5. The molecule has 2 unspecified atom stereocenters. The van der Waals surface area contributed by atoms with Crippen LogP contribution in [0, 0.1) is 19.8 Å². The number of aryl methyl sites for hydroxylation is 1. The quantitative estimate of drug-likeness (QED) is 0.682. The lowest BCUT2D eigenvalue weighted by Crippen LogP contribution is -2.55. The summed E-state index contributed by atoms with van der Waals surface area (Å²) >= 11 is 7.77. The lowest BCUT2D eigenvalue weighted by Gasteiger charge is -2.42. The largest absolute Gasteiger partial charge is 0.381 e. The third-order valence-electron chi connectivity index (χ3n) is 6.47. The van der Waals surface area contributed by atoms with E-state index in [1.807, 2.05) is 24.8 Å². The van der Waals surface area contributed by atoms with Crippen LogP contribution >= 0.6 is 22.9 Å². The first-order valence-electron chi connectivity index (χ1n) is 11.4. The van der Waals surface area contributed by atoms with Crippen LogP contribution in [0.3, 0.4) is 0 Å². The van der Waals surface area contributed by atoms with Crippen LogP contribution in [0.5, 0.6) is 0 Å². The molecule has 2 aliphatic heterocycles. The van der Waals surface area contributed by atoms with Crippen molar-refractivity contribution in [1.82, 2.24) is 14.8 Å². The zero-order chi connectivity index (χ0) is 23.5. The zero-order valence-electron chi connectivity index (χ0n) is 19.4. The van der Waals surface area contributed by atoms with Crippen LogP contribution in [0.4, 0.5) is 5.69 Å². The monoisotopic (exact) mass is 490 g/mol. The number of amides is 2. The molecule has 2 aliphatic rings. The Labute approximate surface area is 204 Å². The second-order valence-corrected chi connectivity index (χ2v) is 10.6. The predicted octanol–water partition coefficient (Wildman–Crippen LogP) is 4.12. The molecule has 33 heavy (non-hydrogen) atoms. The minimum atomic E-state index is -0.177. The van der Waals surface area contributed by atoms with Crippen molar-refractivity contribution in [3.63, 3.8) is 0 Å². The molecule has 178 valence electrons. The van der Waals surface area contributed by atoms with Gasteiger partial charge in [-0.2, -0.15) is 0 Å². The number of ether oxygens (including phenoxy) is 1. The van der Waals surface area contributed by atoms with Crippen LogP contribution in [-0.4, -0.2) is 65.5 Å². The van der Waals surface area contributed by atoms with Crippen molar-refractivity contribution in [3.05, 3.63) is 44.4 Å². The van der Waals surface area contributed by atoms with Gasteiger partial charge in [-0.05, 0) is 56.9 Å². The van der Waals surface area contributed by atoms with E-state index in [2.05, 4.69) is 22.1 Å². The highest BCUT2D eigenvalue weighted by Gasteiger charge is 2.33. The van der Waals surface area contributed by atoms with Crippen LogP contribution in [0.15, 0.2) is 18.3 Å². The van der Waals surface area contributed by atoms with E-state index in [0.717, 1.165) is 48.7 Å². The van der Waals surface area contributed by atoms with Gasteiger partial charge in [0.2, 0.25) is 5.91 Å². The Morgan fingerprint density at radius 2 is 2.12 bits per heavy atom. The lowest BCUT2D eigenvalue weighted by molar-refractivity contribution is -0.144. The minimum Gasteiger partial charge on any atom is -0.381 e. The molecule has 2 amide bonds. The van der Waals surface area contributed by atoms with Crippen molar-refractivity contribution in [2.75, 3.05) is 38.2 Å². The van der Waals surface area contributed by atoms with Crippen molar-refractivity contribution in [1.29, 1.82) is 0 Å². The second-order valence-electron chi connectivity index (χ2n) is 8.96. The van der Waals surface area contributed by atoms with Gasteiger partial charge < -0.3 is 15.0 Å². The first-order valence-corrected chi connectivity index (χ1v) is 12.6. The maximum Gasteiger partial charge on any atom is 0.267 e. The fraction of sp³-hybridized carbons (Fsp3) is 0.542. The Bertz CT molecular complexity index is 1020. The smallest absolute Gasteiger partial charge is 0.267 e. The van der Waals surface area contributed by atoms with Crippen LogP contribution in [-0.2, 0) is 16.1 Å². The number of piperazine rings is 1. The number of rotatable bonds is 5. The molecular weight excluding hydrogens is 460 g/mol. The number of thiazole rings is 1. The van der Waals surface area contributed by atoms with Crippen molar-refractivity contribution in [2.45, 2.75) is 46.2 Å². The van der Waals surface area contributed by atoms with Crippen molar-refractivity contribution in [3.8, 4) is 0 Å². The number of hydrogen-bond acceptors (Lipinski definition) is 6. The number of benzene rings is 1. The van der Waals surface area contributed by atoms with Gasteiger partial charge in [0.15, 0.2) is 0 Å². The molecule has 4 rings (SSSR count). The van der Waals surface area contributed by atoms with Gasteiger partial charge in [0.1, 0.15) is 4.88 Å². The summed E-state index contributed by atoms with van der Waals surface area (Å²) in [5, 5.41) is 4.43. The van der Waals surface area contributed by atoms with E-state index < -0.39 is 0 Å². The fourth-order valence-corrected chi connectivity index (χ4v) is 5.51. The van der Waals surface area contributed by atoms with Gasteiger partial charge in [-0.15, -0.1) is 11.3 Å². The van der Waals surface area contributed by atoms with Gasteiger partial charge in [-0.1, -0.05) is 11.6 Å². The average Bonchev–Trinajstić information content (AvgIpc) is 3.23. The molecule has 3 heterocycles. The fourth-order valence-electron chi connectivity index (χ4n) is 4.59. The zero-order valence-corrected chi connectivity index (χ0v) is 21.0. The average molecular weight is 491 g/mol. The van der Waals surface area contributed by atoms with E-state index in [9.17, 15) is 9.59 Å². The predicted molar refractivity (Wildman–Crippen MR) is 131 cm³/mol. The molecule has 0 saturated carbocycles. The third-order valence-corrected chi connectivity index (χ3v) is 7.60. The van der Waals surface area contributed by atoms with Gasteiger partial charge >= 0.3 is 0 Å². The van der Waals surface area contributed by atoms with Gasteiger partial charge in [-0.3, -0.25) is 14.5 Å². The van der Waals surface area contributed by atoms with E-state index >= 15 is 0 Å². The lowest BCUT2D eigenvalue weighted by atomic mass is 9.99. The Hall–Kier alpha value is -2.00. The Balaban J connectivity index is 1.41. The maximum atomic E-state index is 13.0. The number of hydrogen-bond donors (Lipinski definition) is 1. The summed E-state index contributed by atoms with van der Waals surface area (Å²) in [6, 6.07) is 3.89. The normalized spacial score (nSPS) is 21.8. The maximum absolute atomic E-state index is 13.0. The highest BCUT2D eigenvalue weighted by atomic mass is 35.5. The van der Waals surface area contributed by atoms with E-state index in [1.165, 1.54) is 11.3 Å². The molecule has 0 radical (unpaired) electrons. The third kappa shape index (κ3) is 5.74. The Morgan fingerprint density at radius 3 is 2.79 bits per heavy atom. The molecule has 2 saturated heterocycles.